The SMILES string of the molecule is Cc1ccc2cccc(C3C(=O)NC(=O)C3Cl)c2n1. The molecule has 0 bridgehead atoms. The molecule has 96 valence electrons. The van der Waals surface area contributed by atoms with E-state index in [2.05, 4.69) is 10.3 Å². The molecule has 3 rings (SSSR count). The van der Waals surface area contributed by atoms with E-state index in [9.17, 15) is 9.59 Å². The molecule has 1 saturated heterocycles. The molecule has 2 amide bonds. The number of hydrogen-bond acceptors (Lipinski definition) is 3. The molecule has 2 heterocycles. The highest BCUT2D eigenvalue weighted by Gasteiger charge is 2.42. The van der Waals surface area contributed by atoms with Gasteiger partial charge < -0.3 is 0 Å². The van der Waals surface area contributed by atoms with Crippen LogP contribution >= 0.6 is 11.6 Å². The number of rotatable bonds is 1. The molecule has 0 saturated carbocycles. The topological polar surface area (TPSA) is 59.1 Å². The van der Waals surface area contributed by atoms with E-state index < -0.39 is 17.2 Å². The molecule has 1 aliphatic rings. The predicted molar refractivity (Wildman–Crippen MR) is 72.0 cm³/mol. The highest BCUT2D eigenvalue weighted by atomic mass is 35.5. The fourth-order valence-electron chi connectivity index (χ4n) is 2.37. The van der Waals surface area contributed by atoms with Gasteiger partial charge in [0.2, 0.25) is 11.8 Å². The van der Waals surface area contributed by atoms with E-state index in [0.717, 1.165) is 16.6 Å². The summed E-state index contributed by atoms with van der Waals surface area (Å²) in [5.74, 6) is -1.48. The van der Waals surface area contributed by atoms with Crippen molar-refractivity contribution < 1.29 is 9.59 Å². The molecule has 5 heteroatoms. The molecule has 2 unspecified atom stereocenters. The van der Waals surface area contributed by atoms with Crippen LogP contribution in [-0.4, -0.2) is 22.2 Å². The predicted octanol–water partition coefficient (Wildman–Crippen LogP) is 1.89. The van der Waals surface area contributed by atoms with E-state index in [1.807, 2.05) is 31.2 Å². The average molecular weight is 275 g/mol. The second kappa shape index (κ2) is 4.31. The number of alkyl halides is 1. The summed E-state index contributed by atoms with van der Waals surface area (Å²) in [6, 6.07) is 9.41. The summed E-state index contributed by atoms with van der Waals surface area (Å²) < 4.78 is 0. The third-order valence-electron chi connectivity index (χ3n) is 3.30. The van der Waals surface area contributed by atoms with Crippen molar-refractivity contribution in [2.24, 2.45) is 0 Å². The van der Waals surface area contributed by atoms with Crippen molar-refractivity contribution in [2.45, 2.75) is 18.2 Å². The summed E-state index contributed by atoms with van der Waals surface area (Å²) in [5, 5.41) is 2.31. The zero-order valence-electron chi connectivity index (χ0n) is 10.2. The Hall–Kier alpha value is -1.94. The number of aromatic nitrogens is 1. The van der Waals surface area contributed by atoms with Crippen molar-refractivity contribution in [3.05, 3.63) is 41.6 Å². The molecule has 1 N–H and O–H groups in total. The number of nitrogens with one attached hydrogen (secondary N) is 1. The monoisotopic (exact) mass is 274 g/mol. The van der Waals surface area contributed by atoms with Crippen molar-refractivity contribution in [3.63, 3.8) is 0 Å². The van der Waals surface area contributed by atoms with Crippen molar-refractivity contribution in [1.29, 1.82) is 0 Å². The number of fused-ring (bicyclic) bond motifs is 1. The van der Waals surface area contributed by atoms with Crippen molar-refractivity contribution in [2.75, 3.05) is 0 Å². The Kier molecular flexibility index (Phi) is 2.75. The molecule has 19 heavy (non-hydrogen) atoms. The van der Waals surface area contributed by atoms with Crippen LogP contribution in [0.3, 0.4) is 0 Å². The van der Waals surface area contributed by atoms with Crippen LogP contribution in [0.1, 0.15) is 17.2 Å². The summed E-state index contributed by atoms with van der Waals surface area (Å²) in [5.41, 5.74) is 2.28. The summed E-state index contributed by atoms with van der Waals surface area (Å²) in [6.45, 7) is 1.88. The third-order valence-corrected chi connectivity index (χ3v) is 3.75. The number of carbonyl (C=O) groups is 2. The zero-order chi connectivity index (χ0) is 13.6. The van der Waals surface area contributed by atoms with E-state index in [1.165, 1.54) is 0 Å². The molecule has 0 radical (unpaired) electrons. The van der Waals surface area contributed by atoms with Crippen LogP contribution < -0.4 is 5.32 Å². The molecule has 1 aromatic heterocycles. The molecule has 1 aromatic carbocycles. The maximum atomic E-state index is 11.9. The van der Waals surface area contributed by atoms with Crippen LogP contribution in [0.2, 0.25) is 0 Å². The Labute approximate surface area is 114 Å². The van der Waals surface area contributed by atoms with Gasteiger partial charge >= 0.3 is 0 Å². The second-order valence-electron chi connectivity index (χ2n) is 4.60. The van der Waals surface area contributed by atoms with Gasteiger partial charge in [-0.2, -0.15) is 0 Å². The van der Waals surface area contributed by atoms with Gasteiger partial charge in [-0.25, -0.2) is 0 Å². The maximum absolute atomic E-state index is 11.9. The Morgan fingerprint density at radius 1 is 1.16 bits per heavy atom. The lowest BCUT2D eigenvalue weighted by molar-refractivity contribution is -0.125. The van der Waals surface area contributed by atoms with E-state index in [-0.39, 0.29) is 5.91 Å². The molecule has 1 fully saturated rings. The van der Waals surface area contributed by atoms with Gasteiger partial charge in [0.25, 0.3) is 0 Å². The first-order valence-electron chi connectivity index (χ1n) is 5.93. The normalized spacial score (nSPS) is 22.8. The third kappa shape index (κ3) is 1.88. The van der Waals surface area contributed by atoms with Crippen LogP contribution in [0.4, 0.5) is 0 Å². The van der Waals surface area contributed by atoms with Crippen LogP contribution in [0.25, 0.3) is 10.9 Å². The number of amides is 2. The number of aryl methyl sites for hydroxylation is 1. The first kappa shape index (κ1) is 12.1. The standard InChI is InChI=1S/C14H11ClN2O2/c1-7-5-6-8-3-2-4-9(12(8)16-7)10-11(15)14(19)17-13(10)18/h2-6,10-11H,1H3,(H,17,18,19). The smallest absolute Gasteiger partial charge is 0.245 e. The van der Waals surface area contributed by atoms with Crippen LogP contribution in [0.5, 0.6) is 0 Å². The minimum absolute atomic E-state index is 0.360. The first-order valence-corrected chi connectivity index (χ1v) is 6.36. The van der Waals surface area contributed by atoms with E-state index in [4.69, 9.17) is 11.6 Å². The molecular weight excluding hydrogens is 264 g/mol. The minimum Gasteiger partial charge on any atom is -0.295 e. The van der Waals surface area contributed by atoms with Crippen LogP contribution in [-0.2, 0) is 9.59 Å². The Morgan fingerprint density at radius 2 is 1.95 bits per heavy atom. The van der Waals surface area contributed by atoms with E-state index >= 15 is 0 Å². The number of hydrogen-bond donors (Lipinski definition) is 1. The number of para-hydroxylation sites is 1. The van der Waals surface area contributed by atoms with E-state index in [1.54, 1.807) is 6.07 Å². The number of halogens is 1. The molecule has 2 atom stereocenters. The fraction of sp³-hybridized carbons (Fsp3) is 0.214. The summed E-state index contributed by atoms with van der Waals surface area (Å²) in [7, 11) is 0. The maximum Gasteiger partial charge on any atom is 0.245 e. The van der Waals surface area contributed by atoms with Gasteiger partial charge in [-0.15, -0.1) is 11.6 Å². The Bertz CT molecular complexity index is 699. The van der Waals surface area contributed by atoms with Crippen molar-refractivity contribution in [1.82, 2.24) is 10.3 Å². The van der Waals surface area contributed by atoms with Crippen molar-refractivity contribution in [3.8, 4) is 0 Å². The second-order valence-corrected chi connectivity index (χ2v) is 5.07. The Morgan fingerprint density at radius 3 is 2.63 bits per heavy atom. The van der Waals surface area contributed by atoms with Gasteiger partial charge in [-0.05, 0) is 18.6 Å². The van der Waals surface area contributed by atoms with Gasteiger partial charge in [0.1, 0.15) is 5.38 Å². The Balaban J connectivity index is 2.23. The molecule has 2 aromatic rings. The molecule has 1 aliphatic heterocycles. The lowest BCUT2D eigenvalue weighted by Crippen LogP contribution is -2.22. The summed E-state index contributed by atoms with van der Waals surface area (Å²) >= 11 is 6.04. The molecule has 0 spiro atoms. The summed E-state index contributed by atoms with van der Waals surface area (Å²) in [6.07, 6.45) is 0. The van der Waals surface area contributed by atoms with E-state index in [0.29, 0.717) is 5.56 Å². The minimum atomic E-state index is -0.875. The van der Waals surface area contributed by atoms with Gasteiger partial charge in [0.05, 0.1) is 11.4 Å². The lowest BCUT2D eigenvalue weighted by Gasteiger charge is -2.12. The van der Waals surface area contributed by atoms with Gasteiger partial charge in [0, 0.05) is 11.1 Å². The average Bonchev–Trinajstić information content (AvgIpc) is 2.63. The van der Waals surface area contributed by atoms with Gasteiger partial charge in [-0.1, -0.05) is 24.3 Å². The number of imide groups is 1. The quantitative estimate of drug-likeness (QED) is 0.638. The molecule has 4 nitrogen and oxygen atoms in total. The van der Waals surface area contributed by atoms with Crippen LogP contribution in [0, 0.1) is 6.92 Å². The highest BCUT2D eigenvalue weighted by Crippen LogP contribution is 2.32. The number of nitrogens with zero attached hydrogens (tertiary/aromatic N) is 1. The summed E-state index contributed by atoms with van der Waals surface area (Å²) in [4.78, 5) is 27.8. The number of pyridine rings is 1. The largest absolute Gasteiger partial charge is 0.295 e. The van der Waals surface area contributed by atoms with Crippen LogP contribution in [0.15, 0.2) is 30.3 Å². The molecular formula is C14H11ClN2O2. The fourth-order valence-corrected chi connectivity index (χ4v) is 2.67. The lowest BCUT2D eigenvalue weighted by atomic mass is 9.94. The van der Waals surface area contributed by atoms with Gasteiger partial charge in [0.15, 0.2) is 0 Å². The molecule has 0 aliphatic carbocycles. The zero-order valence-corrected chi connectivity index (χ0v) is 10.9. The van der Waals surface area contributed by atoms with Gasteiger partial charge in [-0.3, -0.25) is 19.9 Å². The number of benzene rings is 1. The van der Waals surface area contributed by atoms with Crippen molar-refractivity contribution >= 4 is 34.3 Å². The highest BCUT2D eigenvalue weighted by molar-refractivity contribution is 6.37. The number of carbonyl (C=O) groups excluding carboxylic acids is 2. The first-order chi connectivity index (χ1) is 9.08.